The van der Waals surface area contributed by atoms with Crippen molar-refractivity contribution < 1.29 is 14.7 Å². The number of amides is 1. The first-order valence-electron chi connectivity index (χ1n) is 5.79. The summed E-state index contributed by atoms with van der Waals surface area (Å²) in [6.45, 7) is 3.79. The molecule has 0 aliphatic heterocycles. The van der Waals surface area contributed by atoms with E-state index < -0.39 is 11.9 Å². The van der Waals surface area contributed by atoms with Gasteiger partial charge in [0.05, 0.1) is 5.92 Å². The highest BCUT2D eigenvalue weighted by Gasteiger charge is 2.11. The average molecular weight is 250 g/mol. The molecule has 0 saturated heterocycles. The van der Waals surface area contributed by atoms with Gasteiger partial charge in [0.2, 0.25) is 0 Å². The third-order valence-electron chi connectivity index (χ3n) is 2.82. The van der Waals surface area contributed by atoms with Gasteiger partial charge in [-0.25, -0.2) is 0 Å². The van der Waals surface area contributed by atoms with E-state index in [9.17, 15) is 9.59 Å². The monoisotopic (exact) mass is 250 g/mol. The third-order valence-corrected chi connectivity index (χ3v) is 2.82. The van der Waals surface area contributed by atoms with Crippen molar-refractivity contribution in [2.24, 2.45) is 5.92 Å². The number of hydrogen-bond acceptors (Lipinski definition) is 3. The van der Waals surface area contributed by atoms with Crippen LogP contribution in [0.15, 0.2) is 18.2 Å². The summed E-state index contributed by atoms with van der Waals surface area (Å²) < 4.78 is 0. The molecule has 98 valence electrons. The lowest BCUT2D eigenvalue weighted by molar-refractivity contribution is -0.141. The number of carbonyl (C=O) groups is 2. The normalized spacial score (nSPS) is 11.9. The summed E-state index contributed by atoms with van der Waals surface area (Å²) in [7, 11) is 0. The summed E-state index contributed by atoms with van der Waals surface area (Å²) in [4.78, 5) is 22.4. The summed E-state index contributed by atoms with van der Waals surface area (Å²) in [6, 6.07) is 5.05. The molecule has 1 unspecified atom stereocenters. The van der Waals surface area contributed by atoms with Gasteiger partial charge in [-0.15, -0.1) is 0 Å². The van der Waals surface area contributed by atoms with Crippen molar-refractivity contribution >= 4 is 17.6 Å². The number of aliphatic carboxylic acids is 1. The van der Waals surface area contributed by atoms with Crippen molar-refractivity contribution in [3.63, 3.8) is 0 Å². The summed E-state index contributed by atoms with van der Waals surface area (Å²) in [5, 5.41) is 11.4. The SMILES string of the molecule is Cc1cc(C(=O)NCCC(C)C(=O)O)ccc1N. The highest BCUT2D eigenvalue weighted by molar-refractivity contribution is 5.94. The van der Waals surface area contributed by atoms with Crippen LogP contribution >= 0.6 is 0 Å². The van der Waals surface area contributed by atoms with Crippen LogP contribution in [-0.4, -0.2) is 23.5 Å². The first kappa shape index (κ1) is 14.0. The minimum absolute atomic E-state index is 0.212. The second kappa shape index (κ2) is 6.05. The molecule has 0 aliphatic carbocycles. The smallest absolute Gasteiger partial charge is 0.306 e. The number of hydrogen-bond donors (Lipinski definition) is 3. The molecule has 0 aromatic heterocycles. The van der Waals surface area contributed by atoms with Gasteiger partial charge in [0.1, 0.15) is 0 Å². The number of carbonyl (C=O) groups excluding carboxylic acids is 1. The minimum Gasteiger partial charge on any atom is -0.481 e. The zero-order chi connectivity index (χ0) is 13.7. The largest absolute Gasteiger partial charge is 0.481 e. The van der Waals surface area contributed by atoms with E-state index in [0.717, 1.165) is 5.56 Å². The van der Waals surface area contributed by atoms with Crippen molar-refractivity contribution in [1.82, 2.24) is 5.32 Å². The van der Waals surface area contributed by atoms with Crippen LogP contribution in [0.2, 0.25) is 0 Å². The van der Waals surface area contributed by atoms with E-state index in [-0.39, 0.29) is 5.91 Å². The molecule has 1 aromatic carbocycles. The molecule has 18 heavy (non-hydrogen) atoms. The fourth-order valence-corrected chi connectivity index (χ4v) is 1.44. The lowest BCUT2D eigenvalue weighted by Crippen LogP contribution is -2.27. The second-order valence-corrected chi connectivity index (χ2v) is 4.36. The molecular formula is C13H18N2O3. The Morgan fingerprint density at radius 1 is 1.44 bits per heavy atom. The van der Waals surface area contributed by atoms with Crippen molar-refractivity contribution in [2.75, 3.05) is 12.3 Å². The van der Waals surface area contributed by atoms with Gasteiger partial charge in [-0.2, -0.15) is 0 Å². The van der Waals surface area contributed by atoms with Crippen molar-refractivity contribution in [1.29, 1.82) is 0 Å². The number of carboxylic acid groups (broad SMARTS) is 1. The average Bonchev–Trinajstić information content (AvgIpc) is 2.32. The van der Waals surface area contributed by atoms with E-state index in [0.29, 0.717) is 24.2 Å². The Kier molecular flexibility index (Phi) is 4.71. The minimum atomic E-state index is -0.854. The Morgan fingerprint density at radius 2 is 2.11 bits per heavy atom. The lowest BCUT2D eigenvalue weighted by atomic mass is 10.1. The van der Waals surface area contributed by atoms with E-state index in [4.69, 9.17) is 10.8 Å². The van der Waals surface area contributed by atoms with E-state index in [2.05, 4.69) is 5.32 Å². The zero-order valence-corrected chi connectivity index (χ0v) is 10.6. The molecule has 0 spiro atoms. The van der Waals surface area contributed by atoms with Crippen LogP contribution in [-0.2, 0) is 4.79 Å². The number of aryl methyl sites for hydroxylation is 1. The van der Waals surface area contributed by atoms with Crippen molar-refractivity contribution in [2.45, 2.75) is 20.3 Å². The maximum absolute atomic E-state index is 11.8. The molecule has 1 aromatic rings. The Morgan fingerprint density at radius 3 is 2.67 bits per heavy atom. The predicted molar refractivity (Wildman–Crippen MR) is 69.3 cm³/mol. The number of nitrogen functional groups attached to an aromatic ring is 1. The first-order chi connectivity index (χ1) is 8.41. The fourth-order valence-electron chi connectivity index (χ4n) is 1.44. The van der Waals surface area contributed by atoms with E-state index >= 15 is 0 Å². The van der Waals surface area contributed by atoms with Crippen LogP contribution < -0.4 is 11.1 Å². The fraction of sp³-hybridized carbons (Fsp3) is 0.385. The first-order valence-corrected chi connectivity index (χ1v) is 5.79. The molecule has 0 heterocycles. The topological polar surface area (TPSA) is 92.4 Å². The molecular weight excluding hydrogens is 232 g/mol. The zero-order valence-electron chi connectivity index (χ0n) is 10.6. The van der Waals surface area contributed by atoms with Gasteiger partial charge in [0.15, 0.2) is 0 Å². The molecule has 0 radical (unpaired) electrons. The summed E-state index contributed by atoms with van der Waals surface area (Å²) in [5.74, 6) is -1.53. The Bertz CT molecular complexity index is 458. The molecule has 0 saturated carbocycles. The lowest BCUT2D eigenvalue weighted by Gasteiger charge is -2.09. The Balaban J connectivity index is 2.50. The maximum Gasteiger partial charge on any atom is 0.306 e. The summed E-state index contributed by atoms with van der Waals surface area (Å²) in [6.07, 6.45) is 0.412. The number of carboxylic acids is 1. The summed E-state index contributed by atoms with van der Waals surface area (Å²) in [5.41, 5.74) is 7.69. The van der Waals surface area contributed by atoms with Gasteiger partial charge in [-0.05, 0) is 37.1 Å². The van der Waals surface area contributed by atoms with Crippen molar-refractivity contribution in [3.05, 3.63) is 29.3 Å². The highest BCUT2D eigenvalue weighted by Crippen LogP contribution is 2.12. The molecule has 0 bridgehead atoms. The van der Waals surface area contributed by atoms with Crippen LogP contribution in [0.4, 0.5) is 5.69 Å². The van der Waals surface area contributed by atoms with E-state index in [1.807, 2.05) is 6.92 Å². The molecule has 1 rings (SSSR count). The number of anilines is 1. The van der Waals surface area contributed by atoms with Crippen LogP contribution in [0.3, 0.4) is 0 Å². The Hall–Kier alpha value is -2.04. The quantitative estimate of drug-likeness (QED) is 0.689. The number of benzene rings is 1. The maximum atomic E-state index is 11.8. The summed E-state index contributed by atoms with van der Waals surface area (Å²) >= 11 is 0. The number of nitrogens with two attached hydrogens (primary N) is 1. The number of rotatable bonds is 5. The molecule has 5 heteroatoms. The van der Waals surface area contributed by atoms with Gasteiger partial charge < -0.3 is 16.2 Å². The standard InChI is InChI=1S/C13H18N2O3/c1-8(13(17)18)5-6-15-12(16)10-3-4-11(14)9(2)7-10/h3-4,7-8H,5-6,14H2,1-2H3,(H,15,16)(H,17,18). The Labute approximate surface area is 106 Å². The second-order valence-electron chi connectivity index (χ2n) is 4.36. The van der Waals surface area contributed by atoms with E-state index in [1.165, 1.54) is 0 Å². The molecule has 1 atom stereocenters. The van der Waals surface area contributed by atoms with Gasteiger partial charge >= 0.3 is 5.97 Å². The number of nitrogens with one attached hydrogen (secondary N) is 1. The van der Waals surface area contributed by atoms with Gasteiger partial charge in [0, 0.05) is 17.8 Å². The molecule has 1 amide bonds. The van der Waals surface area contributed by atoms with Crippen LogP contribution in [0.5, 0.6) is 0 Å². The molecule has 0 fully saturated rings. The molecule has 0 aliphatic rings. The van der Waals surface area contributed by atoms with Gasteiger partial charge in [-0.3, -0.25) is 9.59 Å². The molecule has 4 N–H and O–H groups in total. The molecule has 5 nitrogen and oxygen atoms in total. The third kappa shape index (κ3) is 3.76. The van der Waals surface area contributed by atoms with Crippen molar-refractivity contribution in [3.8, 4) is 0 Å². The highest BCUT2D eigenvalue weighted by atomic mass is 16.4. The predicted octanol–water partition coefficient (Wildman–Crippen LogP) is 1.42. The van der Waals surface area contributed by atoms with Gasteiger partial charge in [-0.1, -0.05) is 6.92 Å². The van der Waals surface area contributed by atoms with Gasteiger partial charge in [0.25, 0.3) is 5.91 Å². The van der Waals surface area contributed by atoms with Crippen LogP contribution in [0, 0.1) is 12.8 Å². The van der Waals surface area contributed by atoms with E-state index in [1.54, 1.807) is 25.1 Å². The van der Waals surface area contributed by atoms with Crippen LogP contribution in [0.1, 0.15) is 29.3 Å². The van der Waals surface area contributed by atoms with Crippen LogP contribution in [0.25, 0.3) is 0 Å².